The zero-order valence-corrected chi connectivity index (χ0v) is 12.6. The summed E-state index contributed by atoms with van der Waals surface area (Å²) < 4.78 is 0. The number of nitrogens with zero attached hydrogens (tertiary/aromatic N) is 1. The van der Waals surface area contributed by atoms with Crippen molar-refractivity contribution in [3.8, 4) is 0 Å². The van der Waals surface area contributed by atoms with Crippen molar-refractivity contribution in [1.82, 2.24) is 4.90 Å². The van der Waals surface area contributed by atoms with Gasteiger partial charge in [-0.1, -0.05) is 27.2 Å². The summed E-state index contributed by atoms with van der Waals surface area (Å²) in [5, 5.41) is 0. The molecule has 106 valence electrons. The fourth-order valence-corrected chi connectivity index (χ4v) is 4.21. The highest BCUT2D eigenvalue weighted by Crippen LogP contribution is 2.39. The van der Waals surface area contributed by atoms with E-state index >= 15 is 0 Å². The highest BCUT2D eigenvalue weighted by atomic mass is 15.2. The van der Waals surface area contributed by atoms with Gasteiger partial charge in [-0.25, -0.2) is 0 Å². The maximum Gasteiger partial charge on any atom is 0.0138 e. The third-order valence-electron chi connectivity index (χ3n) is 5.49. The lowest BCUT2D eigenvalue weighted by Gasteiger charge is -2.43. The van der Waals surface area contributed by atoms with E-state index in [2.05, 4.69) is 25.7 Å². The Kier molecular flexibility index (Phi) is 4.71. The second-order valence-corrected chi connectivity index (χ2v) is 7.22. The van der Waals surface area contributed by atoms with Crippen molar-refractivity contribution in [3.05, 3.63) is 0 Å². The molecule has 0 bridgehead atoms. The second-order valence-electron chi connectivity index (χ2n) is 7.22. The summed E-state index contributed by atoms with van der Waals surface area (Å²) in [6, 6.07) is 1.62. The first-order chi connectivity index (χ1) is 8.57. The Morgan fingerprint density at radius 3 is 2.33 bits per heavy atom. The van der Waals surface area contributed by atoms with E-state index in [4.69, 9.17) is 5.73 Å². The van der Waals surface area contributed by atoms with Gasteiger partial charge in [-0.3, -0.25) is 4.90 Å². The van der Waals surface area contributed by atoms with Gasteiger partial charge in [-0.15, -0.1) is 0 Å². The Morgan fingerprint density at radius 1 is 1.11 bits per heavy atom. The van der Waals surface area contributed by atoms with Crippen molar-refractivity contribution in [2.24, 2.45) is 17.1 Å². The zero-order valence-electron chi connectivity index (χ0n) is 12.6. The second kappa shape index (κ2) is 5.92. The van der Waals surface area contributed by atoms with Gasteiger partial charge >= 0.3 is 0 Å². The van der Waals surface area contributed by atoms with Gasteiger partial charge in [0.25, 0.3) is 0 Å². The van der Waals surface area contributed by atoms with Crippen molar-refractivity contribution >= 4 is 0 Å². The molecular formula is C16H32N2. The van der Waals surface area contributed by atoms with E-state index in [1.807, 2.05) is 0 Å². The lowest BCUT2D eigenvalue weighted by Crippen LogP contribution is -2.48. The number of rotatable bonds is 4. The molecule has 2 atom stereocenters. The molecule has 2 nitrogen and oxygen atoms in total. The lowest BCUT2D eigenvalue weighted by molar-refractivity contribution is 0.0612. The molecule has 2 fully saturated rings. The average molecular weight is 252 g/mol. The van der Waals surface area contributed by atoms with Crippen LogP contribution in [0.3, 0.4) is 0 Å². The first-order valence-corrected chi connectivity index (χ1v) is 8.03. The summed E-state index contributed by atoms with van der Waals surface area (Å²) >= 11 is 0. The van der Waals surface area contributed by atoms with E-state index in [0.717, 1.165) is 24.5 Å². The molecule has 0 saturated heterocycles. The number of hydrogen-bond acceptors (Lipinski definition) is 2. The van der Waals surface area contributed by atoms with Crippen molar-refractivity contribution in [2.45, 2.75) is 77.8 Å². The zero-order chi connectivity index (χ0) is 13.2. The molecule has 18 heavy (non-hydrogen) atoms. The Labute approximate surface area is 113 Å². The minimum atomic E-state index is 0.582. The lowest BCUT2D eigenvalue weighted by atomic mass is 9.75. The van der Waals surface area contributed by atoms with Gasteiger partial charge in [-0.2, -0.15) is 0 Å². The monoisotopic (exact) mass is 252 g/mol. The fraction of sp³-hybridized carbons (Fsp3) is 1.00. The normalized spacial score (nSPS) is 33.2. The van der Waals surface area contributed by atoms with Crippen LogP contribution in [0.25, 0.3) is 0 Å². The van der Waals surface area contributed by atoms with Crippen molar-refractivity contribution in [2.75, 3.05) is 13.1 Å². The van der Waals surface area contributed by atoms with E-state index in [1.165, 1.54) is 51.5 Å². The minimum absolute atomic E-state index is 0.582. The largest absolute Gasteiger partial charge is 0.330 e. The summed E-state index contributed by atoms with van der Waals surface area (Å²) in [7, 11) is 0. The molecule has 0 amide bonds. The van der Waals surface area contributed by atoms with Gasteiger partial charge in [0, 0.05) is 12.1 Å². The van der Waals surface area contributed by atoms with Crippen LogP contribution in [0.1, 0.15) is 65.7 Å². The summed E-state index contributed by atoms with van der Waals surface area (Å²) in [4.78, 5) is 2.81. The number of nitrogens with two attached hydrogens (primary N) is 1. The van der Waals surface area contributed by atoms with Gasteiger partial charge in [0.2, 0.25) is 0 Å². The maximum atomic E-state index is 5.96. The summed E-state index contributed by atoms with van der Waals surface area (Å²) in [6.07, 6.45) is 9.72. The van der Waals surface area contributed by atoms with Crippen LogP contribution in [-0.4, -0.2) is 30.1 Å². The fourth-order valence-electron chi connectivity index (χ4n) is 4.21. The van der Waals surface area contributed by atoms with Crippen LogP contribution in [0.5, 0.6) is 0 Å². The van der Waals surface area contributed by atoms with E-state index < -0.39 is 0 Å². The van der Waals surface area contributed by atoms with Crippen LogP contribution in [-0.2, 0) is 0 Å². The molecule has 0 aromatic carbocycles. The maximum absolute atomic E-state index is 5.96. The van der Waals surface area contributed by atoms with Crippen molar-refractivity contribution in [1.29, 1.82) is 0 Å². The molecule has 2 heteroatoms. The van der Waals surface area contributed by atoms with Gasteiger partial charge in [0.15, 0.2) is 0 Å². The first-order valence-electron chi connectivity index (χ1n) is 8.03. The van der Waals surface area contributed by atoms with Crippen LogP contribution in [0.15, 0.2) is 0 Å². The molecule has 0 aromatic heterocycles. The highest BCUT2D eigenvalue weighted by Gasteiger charge is 2.36. The quantitative estimate of drug-likeness (QED) is 0.831. The van der Waals surface area contributed by atoms with Gasteiger partial charge in [-0.05, 0) is 62.9 Å². The van der Waals surface area contributed by atoms with Crippen LogP contribution >= 0.6 is 0 Å². The molecule has 0 radical (unpaired) electrons. The van der Waals surface area contributed by atoms with Crippen molar-refractivity contribution in [3.63, 3.8) is 0 Å². The first kappa shape index (κ1) is 14.3. The Hall–Kier alpha value is -0.0800. The van der Waals surface area contributed by atoms with E-state index in [0.29, 0.717) is 5.41 Å². The van der Waals surface area contributed by atoms with Gasteiger partial charge in [0.05, 0.1) is 0 Å². The Morgan fingerprint density at radius 2 is 1.78 bits per heavy atom. The van der Waals surface area contributed by atoms with Crippen LogP contribution in [0.2, 0.25) is 0 Å². The Bertz CT molecular complexity index is 252. The summed E-state index contributed by atoms with van der Waals surface area (Å²) in [5.41, 5.74) is 6.54. The standard InChI is InChI=1S/C16H32N2/c1-4-18(15-7-5-6-13(15)12-17)14-8-10-16(2,3)11-9-14/h13-15H,4-12,17H2,1-3H3. The molecule has 2 unspecified atom stereocenters. The van der Waals surface area contributed by atoms with Crippen molar-refractivity contribution < 1.29 is 0 Å². The summed E-state index contributed by atoms with van der Waals surface area (Å²) in [6.45, 7) is 9.30. The van der Waals surface area contributed by atoms with Gasteiger partial charge in [0.1, 0.15) is 0 Å². The molecule has 2 aliphatic carbocycles. The highest BCUT2D eigenvalue weighted by molar-refractivity contribution is 4.91. The third kappa shape index (κ3) is 3.08. The molecule has 2 saturated carbocycles. The topological polar surface area (TPSA) is 29.3 Å². The van der Waals surface area contributed by atoms with Crippen LogP contribution in [0, 0.1) is 11.3 Å². The van der Waals surface area contributed by atoms with Crippen LogP contribution in [0.4, 0.5) is 0 Å². The summed E-state index contributed by atoms with van der Waals surface area (Å²) in [5.74, 6) is 0.764. The molecular weight excluding hydrogens is 220 g/mol. The molecule has 0 aromatic rings. The minimum Gasteiger partial charge on any atom is -0.330 e. The molecule has 2 rings (SSSR count). The predicted octanol–water partition coefficient (Wildman–Crippen LogP) is 3.40. The average Bonchev–Trinajstić information content (AvgIpc) is 2.80. The Balaban J connectivity index is 1.96. The van der Waals surface area contributed by atoms with Gasteiger partial charge < -0.3 is 5.73 Å². The number of hydrogen-bond donors (Lipinski definition) is 1. The third-order valence-corrected chi connectivity index (χ3v) is 5.49. The smallest absolute Gasteiger partial charge is 0.0138 e. The van der Waals surface area contributed by atoms with E-state index in [1.54, 1.807) is 0 Å². The molecule has 0 aliphatic heterocycles. The molecule has 2 N–H and O–H groups in total. The molecule has 0 spiro atoms. The molecule has 0 heterocycles. The van der Waals surface area contributed by atoms with E-state index in [9.17, 15) is 0 Å². The predicted molar refractivity (Wildman–Crippen MR) is 78.6 cm³/mol. The molecule has 2 aliphatic rings. The van der Waals surface area contributed by atoms with Crippen LogP contribution < -0.4 is 5.73 Å². The van der Waals surface area contributed by atoms with E-state index in [-0.39, 0.29) is 0 Å². The SMILES string of the molecule is CCN(C1CCC(C)(C)CC1)C1CCCC1CN.